The first-order valence-corrected chi connectivity index (χ1v) is 9.29. The molecule has 2 aromatic rings. The van der Waals surface area contributed by atoms with E-state index >= 15 is 0 Å². The molecular formula is C20H24N2O3. The lowest BCUT2D eigenvalue weighted by Crippen LogP contribution is -2.39. The van der Waals surface area contributed by atoms with Crippen LogP contribution in [0, 0.1) is 0 Å². The van der Waals surface area contributed by atoms with Crippen molar-refractivity contribution in [3.63, 3.8) is 0 Å². The second-order valence-corrected chi connectivity index (χ2v) is 6.91. The summed E-state index contributed by atoms with van der Waals surface area (Å²) in [5.41, 5.74) is 1.57. The molecule has 0 unspecified atom stereocenters. The highest BCUT2D eigenvalue weighted by molar-refractivity contribution is 5.94. The Morgan fingerprint density at radius 1 is 1.16 bits per heavy atom. The van der Waals surface area contributed by atoms with Crippen molar-refractivity contribution in [1.82, 2.24) is 10.1 Å². The molecule has 4 rings (SSSR count). The quantitative estimate of drug-likeness (QED) is 0.798. The Morgan fingerprint density at radius 3 is 2.88 bits per heavy atom. The van der Waals surface area contributed by atoms with E-state index in [-0.39, 0.29) is 11.9 Å². The van der Waals surface area contributed by atoms with Gasteiger partial charge < -0.3 is 14.2 Å². The molecule has 132 valence electrons. The van der Waals surface area contributed by atoms with Crippen molar-refractivity contribution in [3.05, 3.63) is 47.3 Å². The van der Waals surface area contributed by atoms with Crippen molar-refractivity contribution >= 4 is 5.91 Å². The summed E-state index contributed by atoms with van der Waals surface area (Å²) in [6, 6.07) is 9.87. The summed E-state index contributed by atoms with van der Waals surface area (Å²) in [4.78, 5) is 15.0. The number of carbonyl (C=O) groups excluding carboxylic acids is 1. The van der Waals surface area contributed by atoms with Crippen LogP contribution in [0.2, 0.25) is 0 Å². The number of carbonyl (C=O) groups is 1. The second kappa shape index (κ2) is 7.30. The summed E-state index contributed by atoms with van der Waals surface area (Å²) in [5.74, 6) is 1.76. The molecule has 5 nitrogen and oxygen atoms in total. The normalized spacial score (nSPS) is 20.2. The molecule has 2 heterocycles. The van der Waals surface area contributed by atoms with Gasteiger partial charge in [0.05, 0.1) is 6.04 Å². The molecule has 0 radical (unpaired) electrons. The SMILES string of the molecule is O=C(c1noc2c1CCCCC2)N1CCC[C@H]1COc1ccccc1. The van der Waals surface area contributed by atoms with E-state index in [2.05, 4.69) is 5.16 Å². The Labute approximate surface area is 147 Å². The minimum atomic E-state index is 0.00561. The van der Waals surface area contributed by atoms with Crippen LogP contribution in [0.3, 0.4) is 0 Å². The van der Waals surface area contributed by atoms with Gasteiger partial charge in [0, 0.05) is 18.5 Å². The number of hydrogen-bond donors (Lipinski definition) is 0. The fourth-order valence-electron chi connectivity index (χ4n) is 3.85. The fourth-order valence-corrected chi connectivity index (χ4v) is 3.85. The van der Waals surface area contributed by atoms with Gasteiger partial charge >= 0.3 is 0 Å². The van der Waals surface area contributed by atoms with Crippen molar-refractivity contribution in [2.75, 3.05) is 13.2 Å². The summed E-state index contributed by atoms with van der Waals surface area (Å²) >= 11 is 0. The maximum Gasteiger partial charge on any atom is 0.276 e. The Kier molecular flexibility index (Phi) is 4.72. The van der Waals surface area contributed by atoms with Gasteiger partial charge in [-0.3, -0.25) is 4.79 Å². The fraction of sp³-hybridized carbons (Fsp3) is 0.500. The van der Waals surface area contributed by atoms with Gasteiger partial charge in [-0.05, 0) is 44.2 Å². The van der Waals surface area contributed by atoms with Crippen LogP contribution < -0.4 is 4.74 Å². The van der Waals surface area contributed by atoms with E-state index in [0.717, 1.165) is 62.1 Å². The van der Waals surface area contributed by atoms with Crippen molar-refractivity contribution in [1.29, 1.82) is 0 Å². The average Bonchev–Trinajstić information content (AvgIpc) is 3.21. The molecule has 0 spiro atoms. The van der Waals surface area contributed by atoms with Gasteiger partial charge in [0.1, 0.15) is 18.1 Å². The molecule has 1 aliphatic carbocycles. The largest absolute Gasteiger partial charge is 0.491 e. The third-order valence-electron chi connectivity index (χ3n) is 5.23. The van der Waals surface area contributed by atoms with Crippen LogP contribution >= 0.6 is 0 Å². The molecule has 1 aliphatic heterocycles. The maximum absolute atomic E-state index is 13.1. The summed E-state index contributed by atoms with van der Waals surface area (Å²) in [6.07, 6.45) is 7.19. The zero-order valence-electron chi connectivity index (χ0n) is 14.4. The summed E-state index contributed by atoms with van der Waals surface area (Å²) in [6.45, 7) is 1.29. The minimum absolute atomic E-state index is 0.00561. The van der Waals surface area contributed by atoms with Crippen LogP contribution in [-0.2, 0) is 12.8 Å². The predicted octanol–water partition coefficient (Wildman–Crippen LogP) is 3.63. The van der Waals surface area contributed by atoms with Gasteiger partial charge in [0.15, 0.2) is 5.69 Å². The van der Waals surface area contributed by atoms with Crippen molar-refractivity contribution < 1.29 is 14.1 Å². The summed E-state index contributed by atoms with van der Waals surface area (Å²) < 4.78 is 11.4. The number of hydrogen-bond acceptors (Lipinski definition) is 4. The zero-order valence-corrected chi connectivity index (χ0v) is 14.4. The van der Waals surface area contributed by atoms with E-state index in [1.54, 1.807) is 0 Å². The molecule has 0 N–H and O–H groups in total. The van der Waals surface area contributed by atoms with Crippen molar-refractivity contribution in [3.8, 4) is 5.75 Å². The molecule has 1 saturated heterocycles. The first-order valence-electron chi connectivity index (χ1n) is 9.29. The minimum Gasteiger partial charge on any atom is -0.491 e. The van der Waals surface area contributed by atoms with Crippen LogP contribution in [0.4, 0.5) is 0 Å². The third-order valence-corrected chi connectivity index (χ3v) is 5.23. The molecule has 1 atom stereocenters. The zero-order chi connectivity index (χ0) is 17.1. The Hall–Kier alpha value is -2.30. The lowest BCUT2D eigenvalue weighted by atomic mass is 10.1. The van der Waals surface area contributed by atoms with Gasteiger partial charge in [0.25, 0.3) is 5.91 Å². The van der Waals surface area contributed by atoms with Crippen LogP contribution in [0.15, 0.2) is 34.9 Å². The Balaban J connectivity index is 1.46. The van der Waals surface area contributed by atoms with E-state index in [1.807, 2.05) is 35.2 Å². The van der Waals surface area contributed by atoms with Gasteiger partial charge in [-0.1, -0.05) is 29.8 Å². The lowest BCUT2D eigenvalue weighted by molar-refractivity contribution is 0.0680. The number of para-hydroxylation sites is 1. The van der Waals surface area contributed by atoms with Crippen LogP contribution in [0.5, 0.6) is 5.75 Å². The van der Waals surface area contributed by atoms with Gasteiger partial charge in [-0.2, -0.15) is 0 Å². The number of likely N-dealkylation sites (tertiary alicyclic amines) is 1. The molecule has 1 aromatic carbocycles. The number of nitrogens with zero attached hydrogens (tertiary/aromatic N) is 2. The van der Waals surface area contributed by atoms with E-state index in [4.69, 9.17) is 9.26 Å². The number of aryl methyl sites for hydroxylation is 1. The number of benzene rings is 1. The summed E-state index contributed by atoms with van der Waals surface area (Å²) in [7, 11) is 0. The number of rotatable bonds is 4. The smallest absolute Gasteiger partial charge is 0.276 e. The molecule has 2 aliphatic rings. The Morgan fingerprint density at radius 2 is 2.00 bits per heavy atom. The van der Waals surface area contributed by atoms with Crippen LogP contribution in [-0.4, -0.2) is 35.2 Å². The van der Waals surface area contributed by atoms with Crippen LogP contribution in [0.25, 0.3) is 0 Å². The van der Waals surface area contributed by atoms with Gasteiger partial charge in [-0.15, -0.1) is 0 Å². The highest BCUT2D eigenvalue weighted by Crippen LogP contribution is 2.27. The number of ether oxygens (including phenoxy) is 1. The summed E-state index contributed by atoms with van der Waals surface area (Å²) in [5, 5.41) is 4.13. The van der Waals surface area contributed by atoms with Crippen molar-refractivity contribution in [2.24, 2.45) is 0 Å². The highest BCUT2D eigenvalue weighted by Gasteiger charge is 2.34. The van der Waals surface area contributed by atoms with Crippen molar-refractivity contribution in [2.45, 2.75) is 51.0 Å². The predicted molar refractivity (Wildman–Crippen MR) is 93.8 cm³/mol. The second-order valence-electron chi connectivity index (χ2n) is 6.91. The lowest BCUT2D eigenvalue weighted by Gasteiger charge is -2.24. The standard InChI is InChI=1S/C20H24N2O3/c23-20(19-17-11-5-2-6-12-18(17)25-21-19)22-13-7-8-15(22)14-24-16-9-3-1-4-10-16/h1,3-4,9-10,15H,2,5-8,11-14H2/t15-/m0/s1. The highest BCUT2D eigenvalue weighted by atomic mass is 16.5. The monoisotopic (exact) mass is 340 g/mol. The van der Waals surface area contributed by atoms with E-state index in [1.165, 1.54) is 6.42 Å². The van der Waals surface area contributed by atoms with Gasteiger partial charge in [-0.25, -0.2) is 0 Å². The molecule has 0 bridgehead atoms. The molecular weight excluding hydrogens is 316 g/mol. The Bertz CT molecular complexity index is 726. The number of amides is 1. The number of aromatic nitrogens is 1. The van der Waals surface area contributed by atoms with Crippen LogP contribution in [0.1, 0.15) is 53.9 Å². The molecule has 1 fully saturated rings. The molecule has 25 heavy (non-hydrogen) atoms. The van der Waals surface area contributed by atoms with E-state index in [9.17, 15) is 4.79 Å². The first-order chi connectivity index (χ1) is 12.3. The average molecular weight is 340 g/mol. The molecule has 1 amide bonds. The van der Waals surface area contributed by atoms with E-state index < -0.39 is 0 Å². The molecule has 5 heteroatoms. The molecule has 0 saturated carbocycles. The maximum atomic E-state index is 13.1. The number of fused-ring (bicyclic) bond motifs is 1. The molecule has 1 aromatic heterocycles. The van der Waals surface area contributed by atoms with Gasteiger partial charge in [0.2, 0.25) is 0 Å². The van der Waals surface area contributed by atoms with E-state index in [0.29, 0.717) is 12.3 Å². The first kappa shape index (κ1) is 16.2. The third kappa shape index (κ3) is 3.41. The topological polar surface area (TPSA) is 55.6 Å².